The molecule has 1 aromatic heterocycles. The van der Waals surface area contributed by atoms with E-state index in [-0.39, 0.29) is 34.5 Å². The Morgan fingerprint density at radius 3 is 2.74 bits per heavy atom. The molecule has 106 valence electrons. The van der Waals surface area contributed by atoms with Crippen LogP contribution >= 0.6 is 11.3 Å². The molecule has 1 aromatic rings. The molecule has 1 aliphatic rings. The first-order valence-electron chi connectivity index (χ1n) is 5.78. The molecule has 1 fully saturated rings. The number of nitrogens with one attached hydrogen (secondary N) is 1. The summed E-state index contributed by atoms with van der Waals surface area (Å²) in [4.78, 5) is 10.9. The molecule has 10 heteroatoms. The van der Waals surface area contributed by atoms with Gasteiger partial charge in [0.05, 0.1) is 0 Å². The molecule has 2 rings (SSSR count). The maximum Gasteiger partial charge on any atom is 0.272 e. The van der Waals surface area contributed by atoms with Crippen molar-refractivity contribution in [3.63, 3.8) is 0 Å². The van der Waals surface area contributed by atoms with Crippen LogP contribution in [0.15, 0.2) is 4.34 Å². The highest BCUT2D eigenvalue weighted by Crippen LogP contribution is 2.33. The van der Waals surface area contributed by atoms with Gasteiger partial charge >= 0.3 is 0 Å². The molecule has 8 nitrogen and oxygen atoms in total. The Morgan fingerprint density at radius 1 is 1.53 bits per heavy atom. The number of nitrogens with two attached hydrogens (primary N) is 1. The molecule has 19 heavy (non-hydrogen) atoms. The van der Waals surface area contributed by atoms with Gasteiger partial charge in [0.1, 0.15) is 0 Å². The highest BCUT2D eigenvalue weighted by Gasteiger charge is 2.39. The Morgan fingerprint density at radius 2 is 2.21 bits per heavy atom. The zero-order valence-corrected chi connectivity index (χ0v) is 12.0. The Kier molecular flexibility index (Phi) is 4.13. The molecule has 0 atom stereocenters. The first-order valence-corrected chi connectivity index (χ1v) is 8.04. The van der Waals surface area contributed by atoms with E-state index >= 15 is 0 Å². The number of carbonyl (C=O) groups excluding carboxylic acids is 1. The van der Waals surface area contributed by atoms with Gasteiger partial charge < -0.3 is 11.1 Å². The van der Waals surface area contributed by atoms with Gasteiger partial charge in [-0.15, -0.1) is 10.2 Å². The van der Waals surface area contributed by atoms with Crippen molar-refractivity contribution in [2.45, 2.75) is 30.1 Å². The van der Waals surface area contributed by atoms with E-state index in [0.29, 0.717) is 0 Å². The zero-order valence-electron chi connectivity index (χ0n) is 10.4. The first-order chi connectivity index (χ1) is 8.95. The van der Waals surface area contributed by atoms with Crippen molar-refractivity contribution < 1.29 is 13.2 Å². The molecular formula is C9H15N5O3S2. The second-order valence-electron chi connectivity index (χ2n) is 4.19. The van der Waals surface area contributed by atoms with Crippen LogP contribution in [0.4, 0.5) is 5.13 Å². The van der Waals surface area contributed by atoms with E-state index in [2.05, 4.69) is 15.5 Å². The summed E-state index contributed by atoms with van der Waals surface area (Å²) in [7, 11) is -3.67. The van der Waals surface area contributed by atoms with Gasteiger partial charge in [0.15, 0.2) is 0 Å². The minimum atomic E-state index is -3.67. The van der Waals surface area contributed by atoms with E-state index in [1.54, 1.807) is 0 Å². The monoisotopic (exact) mass is 305 g/mol. The molecule has 0 aliphatic heterocycles. The molecule has 0 spiro atoms. The van der Waals surface area contributed by atoms with Gasteiger partial charge in [0, 0.05) is 26.1 Å². The molecule has 0 radical (unpaired) electrons. The minimum Gasteiger partial charge on any atom is -0.329 e. The van der Waals surface area contributed by atoms with Crippen LogP contribution in [0.5, 0.6) is 0 Å². The van der Waals surface area contributed by atoms with Gasteiger partial charge in [-0.1, -0.05) is 11.3 Å². The molecular weight excluding hydrogens is 290 g/mol. The predicted molar refractivity (Wildman–Crippen MR) is 70.2 cm³/mol. The third-order valence-electron chi connectivity index (χ3n) is 2.52. The fraction of sp³-hybridized carbons (Fsp3) is 0.667. The van der Waals surface area contributed by atoms with Gasteiger partial charge in [-0.05, 0) is 12.8 Å². The molecule has 0 aromatic carbocycles. The van der Waals surface area contributed by atoms with E-state index in [9.17, 15) is 13.2 Å². The molecule has 0 unspecified atom stereocenters. The normalized spacial score (nSPS) is 15.7. The summed E-state index contributed by atoms with van der Waals surface area (Å²) in [5, 5.41) is 9.87. The van der Waals surface area contributed by atoms with Crippen molar-refractivity contribution in [3.05, 3.63) is 0 Å². The lowest BCUT2D eigenvalue weighted by Gasteiger charge is -2.18. The summed E-state index contributed by atoms with van der Waals surface area (Å²) in [6, 6.07) is 0.0154. The number of rotatable bonds is 6. The van der Waals surface area contributed by atoms with Crippen molar-refractivity contribution in [1.82, 2.24) is 14.5 Å². The maximum atomic E-state index is 12.4. The van der Waals surface area contributed by atoms with E-state index < -0.39 is 10.0 Å². The Balaban J connectivity index is 2.22. The average molecular weight is 305 g/mol. The fourth-order valence-electron chi connectivity index (χ4n) is 1.60. The summed E-state index contributed by atoms with van der Waals surface area (Å²) >= 11 is 0.843. The third kappa shape index (κ3) is 3.26. The van der Waals surface area contributed by atoms with Crippen LogP contribution in [0.25, 0.3) is 0 Å². The third-order valence-corrected chi connectivity index (χ3v) is 5.66. The minimum absolute atomic E-state index is 0.0154. The van der Waals surface area contributed by atoms with Gasteiger partial charge in [0.25, 0.3) is 10.0 Å². The Hall–Kier alpha value is -1.10. The number of anilines is 1. The summed E-state index contributed by atoms with van der Waals surface area (Å²) in [5.41, 5.74) is 5.45. The lowest BCUT2D eigenvalue weighted by molar-refractivity contribution is -0.114. The largest absolute Gasteiger partial charge is 0.329 e. The number of sulfonamides is 1. The topological polar surface area (TPSA) is 118 Å². The number of nitrogens with zero attached hydrogens (tertiary/aromatic N) is 3. The summed E-state index contributed by atoms with van der Waals surface area (Å²) < 4.78 is 26.0. The van der Waals surface area contributed by atoms with Crippen LogP contribution in [-0.2, 0) is 14.8 Å². The standard InChI is InChI=1S/C9H15N5O3S2/c1-6(15)11-8-12-13-9(18-8)19(16,17)14(5-4-10)7-2-3-7/h7H,2-5,10H2,1H3,(H,11,12,15). The summed E-state index contributed by atoms with van der Waals surface area (Å²) in [6.45, 7) is 1.84. The lowest BCUT2D eigenvalue weighted by Crippen LogP contribution is -2.37. The lowest BCUT2D eigenvalue weighted by atomic mass is 10.6. The number of amides is 1. The van der Waals surface area contributed by atoms with Gasteiger partial charge in [-0.3, -0.25) is 4.79 Å². The maximum absolute atomic E-state index is 12.4. The Bertz CT molecular complexity index is 566. The van der Waals surface area contributed by atoms with E-state index in [4.69, 9.17) is 5.73 Å². The Labute approximate surface area is 115 Å². The van der Waals surface area contributed by atoms with Crippen LogP contribution < -0.4 is 11.1 Å². The van der Waals surface area contributed by atoms with Crippen molar-refractivity contribution in [2.75, 3.05) is 18.4 Å². The summed E-state index contributed by atoms with van der Waals surface area (Å²) in [5.74, 6) is -0.318. The molecule has 1 saturated carbocycles. The smallest absolute Gasteiger partial charge is 0.272 e. The summed E-state index contributed by atoms with van der Waals surface area (Å²) in [6.07, 6.45) is 1.69. The first kappa shape index (κ1) is 14.3. The second-order valence-corrected chi connectivity index (χ2v) is 7.23. The van der Waals surface area contributed by atoms with Crippen molar-refractivity contribution in [3.8, 4) is 0 Å². The highest BCUT2D eigenvalue weighted by molar-refractivity contribution is 7.91. The molecule has 1 amide bonds. The van der Waals surface area contributed by atoms with Gasteiger partial charge in [-0.25, -0.2) is 8.42 Å². The van der Waals surface area contributed by atoms with Crippen LogP contribution in [0.1, 0.15) is 19.8 Å². The van der Waals surface area contributed by atoms with Gasteiger partial charge in [-0.2, -0.15) is 4.31 Å². The molecule has 0 bridgehead atoms. The van der Waals surface area contributed by atoms with E-state index in [0.717, 1.165) is 24.2 Å². The van der Waals surface area contributed by atoms with Gasteiger partial charge in [0.2, 0.25) is 15.4 Å². The second kappa shape index (κ2) is 5.49. The molecule has 3 N–H and O–H groups in total. The van der Waals surface area contributed by atoms with Crippen LogP contribution in [0.3, 0.4) is 0 Å². The number of hydrogen-bond acceptors (Lipinski definition) is 7. The van der Waals surface area contributed by atoms with Crippen LogP contribution in [0, 0.1) is 0 Å². The van der Waals surface area contributed by atoms with E-state index in [1.165, 1.54) is 11.2 Å². The highest BCUT2D eigenvalue weighted by atomic mass is 32.2. The number of hydrogen-bond donors (Lipinski definition) is 2. The quantitative estimate of drug-likeness (QED) is 0.691. The predicted octanol–water partition coefficient (Wildman–Crippen LogP) is -0.392. The van der Waals surface area contributed by atoms with Crippen LogP contribution in [0.2, 0.25) is 0 Å². The van der Waals surface area contributed by atoms with Crippen molar-refractivity contribution in [2.24, 2.45) is 5.73 Å². The van der Waals surface area contributed by atoms with Crippen molar-refractivity contribution in [1.29, 1.82) is 0 Å². The molecule has 1 aliphatic carbocycles. The fourth-order valence-corrected chi connectivity index (χ4v) is 4.37. The number of carbonyl (C=O) groups is 1. The average Bonchev–Trinajstić information content (AvgIpc) is 3.04. The van der Waals surface area contributed by atoms with Crippen LogP contribution in [-0.4, -0.2) is 48.0 Å². The SMILES string of the molecule is CC(=O)Nc1nnc(S(=O)(=O)N(CCN)C2CC2)s1. The molecule has 1 heterocycles. The van der Waals surface area contributed by atoms with E-state index in [1.807, 2.05) is 0 Å². The number of aromatic nitrogens is 2. The molecule has 0 saturated heterocycles. The van der Waals surface area contributed by atoms with Crippen molar-refractivity contribution >= 4 is 32.4 Å². The zero-order chi connectivity index (χ0) is 14.0.